The Morgan fingerprint density at radius 1 is 0.844 bits per heavy atom. The van der Waals surface area contributed by atoms with Gasteiger partial charge >= 0.3 is 0 Å². The van der Waals surface area contributed by atoms with E-state index in [1.54, 1.807) is 11.5 Å². The lowest BCUT2D eigenvalue weighted by Crippen LogP contribution is -2.56. The monoisotopic (exact) mass is 443 g/mol. The average Bonchev–Trinajstić information content (AvgIpc) is 3.17. The van der Waals surface area contributed by atoms with E-state index in [9.17, 15) is 20.4 Å². The minimum atomic E-state index is -1.41. The number of para-hydroxylation sites is 1. The number of rotatable bonds is 5. The fourth-order valence-corrected chi connectivity index (χ4v) is 4.05. The zero-order chi connectivity index (χ0) is 23.3. The molecule has 4 rings (SSSR count). The highest BCUT2D eigenvalue weighted by Gasteiger charge is 2.44. The number of hydrogen-bond donors (Lipinski definition) is 5. The van der Waals surface area contributed by atoms with Crippen LogP contribution in [0.25, 0.3) is 10.9 Å². The summed E-state index contributed by atoms with van der Waals surface area (Å²) in [4.78, 5) is 0. The standard InChI is InChI=1S/C23H27NO5.C2H6O/c1-2-14-7-9-15(10-8-14)11-16-12-24(18-6-4-3-5-17(16)18)23-22(28)21(27)20(26)19(13-25)29-23;1-2-3/h3-10,12,19-23,25-28H,2,11,13H2,1H3;3H,2H2,1H3/t19-,20-,21+,22-,23-;/m1./s1. The number of hydrogen-bond acceptors (Lipinski definition) is 6. The third-order valence-electron chi connectivity index (χ3n) is 5.79. The van der Waals surface area contributed by atoms with Crippen LogP contribution >= 0.6 is 0 Å². The maximum Gasteiger partial charge on any atom is 0.163 e. The van der Waals surface area contributed by atoms with E-state index in [0.717, 1.165) is 29.3 Å². The fraction of sp³-hybridized carbons (Fsp3) is 0.440. The van der Waals surface area contributed by atoms with E-state index in [0.29, 0.717) is 0 Å². The molecule has 0 spiro atoms. The largest absolute Gasteiger partial charge is 0.397 e. The predicted molar refractivity (Wildman–Crippen MR) is 122 cm³/mol. The summed E-state index contributed by atoms with van der Waals surface area (Å²) in [5.41, 5.74) is 4.40. The Bertz CT molecular complexity index is 984. The lowest BCUT2D eigenvalue weighted by atomic mass is 9.98. The molecule has 0 radical (unpaired) electrons. The van der Waals surface area contributed by atoms with Crippen LogP contribution in [-0.4, -0.2) is 67.7 Å². The molecule has 0 bridgehead atoms. The van der Waals surface area contributed by atoms with Crippen molar-refractivity contribution < 1.29 is 30.3 Å². The van der Waals surface area contributed by atoms with Gasteiger partial charge in [-0.2, -0.15) is 0 Å². The van der Waals surface area contributed by atoms with Gasteiger partial charge in [0.05, 0.1) is 12.1 Å². The van der Waals surface area contributed by atoms with E-state index in [4.69, 9.17) is 9.84 Å². The van der Waals surface area contributed by atoms with E-state index >= 15 is 0 Å². The lowest BCUT2D eigenvalue weighted by molar-refractivity contribution is -0.250. The summed E-state index contributed by atoms with van der Waals surface area (Å²) < 4.78 is 7.56. The van der Waals surface area contributed by atoms with E-state index in [1.165, 1.54) is 11.1 Å². The number of benzene rings is 2. The molecule has 32 heavy (non-hydrogen) atoms. The molecule has 1 aliphatic heterocycles. The van der Waals surface area contributed by atoms with E-state index in [-0.39, 0.29) is 6.61 Å². The minimum absolute atomic E-state index is 0.250. The second kappa shape index (κ2) is 11.0. The molecule has 3 aromatic rings. The number of nitrogens with zero attached hydrogens (tertiary/aromatic N) is 1. The number of ether oxygens (including phenoxy) is 1. The van der Waals surface area contributed by atoms with Crippen LogP contribution in [0.15, 0.2) is 54.7 Å². The van der Waals surface area contributed by atoms with Gasteiger partial charge in [-0.15, -0.1) is 0 Å². The van der Waals surface area contributed by atoms with Crippen molar-refractivity contribution >= 4 is 10.9 Å². The Balaban J connectivity index is 0.000000913. The smallest absolute Gasteiger partial charge is 0.163 e. The van der Waals surface area contributed by atoms with Gasteiger partial charge in [0.2, 0.25) is 0 Å². The molecule has 0 aliphatic carbocycles. The van der Waals surface area contributed by atoms with Gasteiger partial charge in [0.1, 0.15) is 24.4 Å². The van der Waals surface area contributed by atoms with Gasteiger partial charge in [-0.05, 0) is 42.5 Å². The highest BCUT2D eigenvalue weighted by atomic mass is 16.6. The van der Waals surface area contributed by atoms with Gasteiger partial charge in [0.25, 0.3) is 0 Å². The summed E-state index contributed by atoms with van der Waals surface area (Å²) in [7, 11) is 0. The van der Waals surface area contributed by atoms with Crippen LogP contribution in [0.5, 0.6) is 0 Å². The zero-order valence-corrected chi connectivity index (χ0v) is 18.5. The second-order valence-electron chi connectivity index (χ2n) is 7.96. The molecule has 1 fully saturated rings. The van der Waals surface area contributed by atoms with Crippen molar-refractivity contribution in [3.8, 4) is 0 Å². The van der Waals surface area contributed by atoms with Crippen LogP contribution in [-0.2, 0) is 17.6 Å². The molecule has 7 heteroatoms. The molecule has 5 N–H and O–H groups in total. The molecule has 1 saturated heterocycles. The molecule has 0 saturated carbocycles. The zero-order valence-electron chi connectivity index (χ0n) is 18.5. The van der Waals surface area contributed by atoms with Crippen molar-refractivity contribution in [2.24, 2.45) is 0 Å². The molecular formula is C25H33NO6. The summed E-state index contributed by atoms with van der Waals surface area (Å²) in [5, 5.41) is 48.9. The molecule has 0 amide bonds. The van der Waals surface area contributed by atoms with Gasteiger partial charge in [0, 0.05) is 18.2 Å². The molecule has 5 atom stereocenters. The SMILES string of the molecule is CCO.CCc1ccc(Cc2cn([C@@H]3O[C@H](CO)[C@@H](O)[C@H](O)[C@H]3O)c3ccccc23)cc1. The summed E-state index contributed by atoms with van der Waals surface area (Å²) in [5.74, 6) is 0. The van der Waals surface area contributed by atoms with Crippen LogP contribution in [0.2, 0.25) is 0 Å². The first kappa shape index (κ1) is 24.4. The summed E-state index contributed by atoms with van der Waals surface area (Å²) in [6.07, 6.45) is -2.31. The Morgan fingerprint density at radius 2 is 1.47 bits per heavy atom. The van der Waals surface area contributed by atoms with Crippen LogP contribution in [0, 0.1) is 0 Å². The molecule has 1 aliphatic rings. The summed E-state index contributed by atoms with van der Waals surface area (Å²) >= 11 is 0. The van der Waals surface area contributed by atoms with Crippen molar-refractivity contribution in [3.05, 3.63) is 71.4 Å². The molecule has 174 valence electrons. The average molecular weight is 444 g/mol. The summed E-state index contributed by atoms with van der Waals surface area (Å²) in [6.45, 7) is 3.61. The molecule has 7 nitrogen and oxygen atoms in total. The van der Waals surface area contributed by atoms with Gasteiger partial charge in [-0.3, -0.25) is 0 Å². The third kappa shape index (κ3) is 5.04. The van der Waals surface area contributed by atoms with Crippen LogP contribution in [0.4, 0.5) is 0 Å². The topological polar surface area (TPSA) is 115 Å². The molecule has 1 aromatic heterocycles. The molecule has 2 aromatic carbocycles. The first-order valence-electron chi connectivity index (χ1n) is 11.0. The van der Waals surface area contributed by atoms with Crippen molar-refractivity contribution in [3.63, 3.8) is 0 Å². The maximum atomic E-state index is 10.6. The third-order valence-corrected chi connectivity index (χ3v) is 5.79. The van der Waals surface area contributed by atoms with Gasteiger partial charge in [-0.1, -0.05) is 49.4 Å². The normalized spacial score (nSPS) is 25.4. The maximum absolute atomic E-state index is 10.6. The van der Waals surface area contributed by atoms with Gasteiger partial charge < -0.3 is 34.8 Å². The van der Waals surface area contributed by atoms with E-state index in [1.807, 2.05) is 30.5 Å². The number of aryl methyl sites for hydroxylation is 1. The number of fused-ring (bicyclic) bond motifs is 1. The number of aliphatic hydroxyl groups is 5. The molecule has 0 unspecified atom stereocenters. The summed E-state index contributed by atoms with van der Waals surface area (Å²) in [6, 6.07) is 16.3. The van der Waals surface area contributed by atoms with Crippen LogP contribution < -0.4 is 0 Å². The van der Waals surface area contributed by atoms with Crippen LogP contribution in [0.3, 0.4) is 0 Å². The Labute approximate surface area is 188 Å². The number of aromatic nitrogens is 1. The highest BCUT2D eigenvalue weighted by Crippen LogP contribution is 2.33. The van der Waals surface area contributed by atoms with Crippen molar-refractivity contribution in [1.82, 2.24) is 4.57 Å². The van der Waals surface area contributed by atoms with Crippen molar-refractivity contribution in [2.45, 2.75) is 57.3 Å². The van der Waals surface area contributed by atoms with E-state index < -0.39 is 37.3 Å². The molecular weight excluding hydrogens is 410 g/mol. The van der Waals surface area contributed by atoms with Gasteiger partial charge in [-0.25, -0.2) is 0 Å². The second-order valence-corrected chi connectivity index (χ2v) is 7.96. The van der Waals surface area contributed by atoms with Gasteiger partial charge in [0.15, 0.2) is 6.23 Å². The Hall–Kier alpha value is -2.26. The van der Waals surface area contributed by atoms with Crippen molar-refractivity contribution in [2.75, 3.05) is 13.2 Å². The minimum Gasteiger partial charge on any atom is -0.397 e. The first-order valence-corrected chi connectivity index (χ1v) is 11.0. The number of aliphatic hydroxyl groups excluding tert-OH is 5. The molecule has 2 heterocycles. The van der Waals surface area contributed by atoms with E-state index in [2.05, 4.69) is 31.2 Å². The van der Waals surface area contributed by atoms with Crippen molar-refractivity contribution in [1.29, 1.82) is 0 Å². The lowest BCUT2D eigenvalue weighted by Gasteiger charge is -2.40. The Morgan fingerprint density at radius 3 is 2.09 bits per heavy atom. The quantitative estimate of drug-likeness (QED) is 0.411. The first-order chi connectivity index (χ1) is 15.4. The van der Waals surface area contributed by atoms with Crippen LogP contribution in [0.1, 0.15) is 36.8 Å². The highest BCUT2D eigenvalue weighted by molar-refractivity contribution is 5.84. The fourth-order valence-electron chi connectivity index (χ4n) is 4.05. The Kier molecular flexibility index (Phi) is 8.42. The predicted octanol–water partition coefficient (Wildman–Crippen LogP) is 1.77.